The van der Waals surface area contributed by atoms with Gasteiger partial charge in [0.15, 0.2) is 9.84 Å². The van der Waals surface area contributed by atoms with Gasteiger partial charge in [-0.15, -0.1) is 0 Å². The molecule has 1 aliphatic rings. The van der Waals surface area contributed by atoms with Crippen molar-refractivity contribution in [2.45, 2.75) is 45.1 Å². The van der Waals surface area contributed by atoms with Crippen molar-refractivity contribution in [1.82, 2.24) is 5.32 Å². The first-order valence-corrected chi connectivity index (χ1v) is 8.43. The van der Waals surface area contributed by atoms with Crippen LogP contribution in [0.15, 0.2) is 0 Å². The topological polar surface area (TPSA) is 83.5 Å². The summed E-state index contributed by atoms with van der Waals surface area (Å²) >= 11 is 0. The fourth-order valence-electron chi connectivity index (χ4n) is 2.38. The van der Waals surface area contributed by atoms with Crippen LogP contribution in [0.1, 0.15) is 39.0 Å². The van der Waals surface area contributed by atoms with Crippen LogP contribution in [-0.2, 0) is 14.6 Å². The van der Waals surface area contributed by atoms with Gasteiger partial charge >= 0.3 is 5.97 Å². The molecular formula is C12H23NO4S. The van der Waals surface area contributed by atoms with Gasteiger partial charge in [-0.25, -0.2) is 8.42 Å². The number of carboxylic acid groups (broad SMARTS) is 1. The molecule has 0 unspecified atom stereocenters. The van der Waals surface area contributed by atoms with E-state index in [9.17, 15) is 13.2 Å². The number of nitrogens with one attached hydrogen (secondary N) is 1. The lowest BCUT2D eigenvalue weighted by Gasteiger charge is -2.26. The summed E-state index contributed by atoms with van der Waals surface area (Å²) < 4.78 is 23.0. The molecule has 0 saturated heterocycles. The Bertz CT molecular complexity index is 358. The summed E-state index contributed by atoms with van der Waals surface area (Å²) in [5.74, 6) is -0.494. The van der Waals surface area contributed by atoms with Crippen molar-refractivity contribution in [2.75, 3.05) is 18.1 Å². The van der Waals surface area contributed by atoms with Crippen LogP contribution in [0.3, 0.4) is 0 Å². The molecule has 1 rings (SSSR count). The van der Waals surface area contributed by atoms with Gasteiger partial charge in [-0.3, -0.25) is 4.79 Å². The minimum absolute atomic E-state index is 0.180. The molecule has 6 heteroatoms. The van der Waals surface area contributed by atoms with Gasteiger partial charge in [0, 0.05) is 18.3 Å². The average Bonchev–Trinajstić information content (AvgIpc) is 2.29. The van der Waals surface area contributed by atoms with E-state index in [-0.39, 0.29) is 23.5 Å². The lowest BCUT2D eigenvalue weighted by molar-refractivity contribution is -0.142. The Morgan fingerprint density at radius 3 is 2.33 bits per heavy atom. The number of carboxylic acids is 1. The average molecular weight is 277 g/mol. The van der Waals surface area contributed by atoms with Crippen LogP contribution in [0.5, 0.6) is 0 Å². The molecule has 2 N–H and O–H groups in total. The van der Waals surface area contributed by atoms with Gasteiger partial charge in [-0.1, -0.05) is 6.92 Å². The highest BCUT2D eigenvalue weighted by molar-refractivity contribution is 7.91. The highest BCUT2D eigenvalue weighted by Crippen LogP contribution is 2.24. The van der Waals surface area contributed by atoms with Crippen LogP contribution >= 0.6 is 0 Å². The molecule has 0 aromatic carbocycles. The third-order valence-corrected chi connectivity index (χ3v) is 5.29. The van der Waals surface area contributed by atoms with Crippen molar-refractivity contribution >= 4 is 15.8 Å². The van der Waals surface area contributed by atoms with Crippen molar-refractivity contribution < 1.29 is 18.3 Å². The molecule has 18 heavy (non-hydrogen) atoms. The fourth-order valence-corrected chi connectivity index (χ4v) is 3.63. The van der Waals surface area contributed by atoms with Crippen LogP contribution in [-0.4, -0.2) is 43.6 Å². The summed E-state index contributed by atoms with van der Waals surface area (Å²) in [6, 6.07) is 0.275. The van der Waals surface area contributed by atoms with Gasteiger partial charge in [0.05, 0.1) is 11.7 Å². The van der Waals surface area contributed by atoms with E-state index in [2.05, 4.69) is 5.32 Å². The first-order chi connectivity index (χ1) is 8.44. The number of hydrogen-bond acceptors (Lipinski definition) is 4. The third-order valence-electron chi connectivity index (χ3n) is 3.44. The summed E-state index contributed by atoms with van der Waals surface area (Å²) in [7, 11) is -2.91. The molecule has 0 heterocycles. The van der Waals surface area contributed by atoms with Crippen molar-refractivity contribution in [1.29, 1.82) is 0 Å². The molecule has 0 radical (unpaired) electrons. The van der Waals surface area contributed by atoms with E-state index >= 15 is 0 Å². The maximum Gasteiger partial charge on any atom is 0.306 e. The van der Waals surface area contributed by atoms with Gasteiger partial charge in [0.2, 0.25) is 0 Å². The van der Waals surface area contributed by atoms with Gasteiger partial charge in [0.25, 0.3) is 0 Å². The quantitative estimate of drug-likeness (QED) is 0.726. The summed E-state index contributed by atoms with van der Waals surface area (Å²) in [5.41, 5.74) is 0. The van der Waals surface area contributed by atoms with Gasteiger partial charge < -0.3 is 10.4 Å². The molecule has 0 amide bonds. The molecular weight excluding hydrogens is 254 g/mol. The molecule has 1 saturated carbocycles. The molecule has 106 valence electrons. The number of rotatable bonds is 7. The monoisotopic (exact) mass is 277 g/mol. The zero-order valence-electron chi connectivity index (χ0n) is 10.9. The van der Waals surface area contributed by atoms with Crippen LogP contribution in [0.25, 0.3) is 0 Å². The second kappa shape index (κ2) is 7.09. The Labute approximate surface area is 109 Å². The Morgan fingerprint density at radius 2 is 1.83 bits per heavy atom. The van der Waals surface area contributed by atoms with E-state index in [1.54, 1.807) is 0 Å². The molecule has 0 atom stereocenters. The minimum Gasteiger partial charge on any atom is -0.481 e. The normalized spacial score (nSPS) is 24.9. The molecule has 1 fully saturated rings. The van der Waals surface area contributed by atoms with E-state index < -0.39 is 15.8 Å². The number of carbonyl (C=O) groups is 1. The summed E-state index contributed by atoms with van der Waals surface area (Å²) in [6.07, 6.45) is 3.69. The highest BCUT2D eigenvalue weighted by atomic mass is 32.2. The zero-order chi connectivity index (χ0) is 13.6. The molecule has 0 aromatic rings. The molecule has 0 bridgehead atoms. The van der Waals surface area contributed by atoms with Crippen molar-refractivity contribution in [3.8, 4) is 0 Å². The van der Waals surface area contributed by atoms with Crippen LogP contribution in [0.4, 0.5) is 0 Å². The summed E-state index contributed by atoms with van der Waals surface area (Å²) in [4.78, 5) is 10.8. The first kappa shape index (κ1) is 15.4. The van der Waals surface area contributed by atoms with Gasteiger partial charge in [0.1, 0.15) is 0 Å². The van der Waals surface area contributed by atoms with E-state index in [0.29, 0.717) is 25.8 Å². The molecule has 0 spiro atoms. The van der Waals surface area contributed by atoms with Crippen LogP contribution < -0.4 is 5.32 Å². The molecule has 5 nitrogen and oxygen atoms in total. The van der Waals surface area contributed by atoms with Crippen LogP contribution in [0, 0.1) is 5.92 Å². The van der Waals surface area contributed by atoms with E-state index in [0.717, 1.165) is 12.8 Å². The Kier molecular flexibility index (Phi) is 6.08. The standard InChI is InChI=1S/C12H23NO4S/c1-2-8-18(16,17)9-7-13-11-5-3-10(4-6-11)12(14)15/h10-11,13H,2-9H2,1H3,(H,14,15). The predicted octanol–water partition coefficient (Wildman–Crippen LogP) is 1.04. The second-order valence-electron chi connectivity index (χ2n) is 4.99. The highest BCUT2D eigenvalue weighted by Gasteiger charge is 2.25. The van der Waals surface area contributed by atoms with Crippen LogP contribution in [0.2, 0.25) is 0 Å². The van der Waals surface area contributed by atoms with Crippen molar-refractivity contribution in [2.24, 2.45) is 5.92 Å². The van der Waals surface area contributed by atoms with Crippen molar-refractivity contribution in [3.05, 3.63) is 0 Å². The minimum atomic E-state index is -2.91. The van der Waals surface area contributed by atoms with E-state index in [1.165, 1.54) is 0 Å². The van der Waals surface area contributed by atoms with Gasteiger partial charge in [-0.05, 0) is 32.1 Å². The zero-order valence-corrected chi connectivity index (χ0v) is 11.7. The number of aliphatic carboxylic acids is 1. The Balaban J connectivity index is 2.20. The lowest BCUT2D eigenvalue weighted by Crippen LogP contribution is -2.37. The number of hydrogen-bond donors (Lipinski definition) is 2. The predicted molar refractivity (Wildman–Crippen MR) is 70.3 cm³/mol. The molecule has 1 aliphatic carbocycles. The van der Waals surface area contributed by atoms with Gasteiger partial charge in [-0.2, -0.15) is 0 Å². The first-order valence-electron chi connectivity index (χ1n) is 6.61. The Hall–Kier alpha value is -0.620. The maximum atomic E-state index is 11.5. The van der Waals surface area contributed by atoms with E-state index in [1.807, 2.05) is 6.92 Å². The third kappa shape index (κ3) is 5.35. The fraction of sp³-hybridized carbons (Fsp3) is 0.917. The maximum absolute atomic E-state index is 11.5. The molecule has 0 aromatic heterocycles. The summed E-state index contributed by atoms with van der Waals surface area (Å²) in [5, 5.41) is 12.1. The second-order valence-corrected chi connectivity index (χ2v) is 7.30. The largest absolute Gasteiger partial charge is 0.481 e. The SMILES string of the molecule is CCCS(=O)(=O)CCNC1CCC(C(=O)O)CC1. The lowest BCUT2D eigenvalue weighted by atomic mass is 9.86. The van der Waals surface area contributed by atoms with E-state index in [4.69, 9.17) is 5.11 Å². The van der Waals surface area contributed by atoms with Crippen molar-refractivity contribution in [3.63, 3.8) is 0 Å². The molecule has 0 aliphatic heterocycles. The summed E-state index contributed by atoms with van der Waals surface area (Å²) in [6.45, 7) is 2.34. The Morgan fingerprint density at radius 1 is 1.22 bits per heavy atom. The smallest absolute Gasteiger partial charge is 0.306 e. The number of sulfone groups is 1.